The van der Waals surface area contributed by atoms with Crippen LogP contribution in [-0.2, 0) is 9.53 Å². The molecular formula is C26H22O4. The van der Waals surface area contributed by atoms with Gasteiger partial charge in [0, 0.05) is 22.6 Å². The molecule has 4 heteroatoms. The Morgan fingerprint density at radius 2 is 1.67 bits per heavy atom. The van der Waals surface area contributed by atoms with E-state index in [9.17, 15) is 4.79 Å². The molecule has 0 aliphatic carbocycles. The van der Waals surface area contributed by atoms with Crippen LogP contribution in [0.15, 0.2) is 77.2 Å². The van der Waals surface area contributed by atoms with Crippen LogP contribution in [0.4, 0.5) is 0 Å². The van der Waals surface area contributed by atoms with E-state index in [1.54, 1.807) is 13.2 Å². The van der Waals surface area contributed by atoms with Crippen LogP contribution in [0.5, 0.6) is 5.75 Å². The van der Waals surface area contributed by atoms with Gasteiger partial charge in [-0.15, -0.1) is 0 Å². The second-order valence-corrected chi connectivity index (χ2v) is 6.99. The average molecular weight is 398 g/mol. The van der Waals surface area contributed by atoms with Crippen LogP contribution >= 0.6 is 0 Å². The lowest BCUT2D eigenvalue weighted by Gasteiger charge is -2.06. The fourth-order valence-corrected chi connectivity index (χ4v) is 3.47. The number of rotatable bonds is 5. The summed E-state index contributed by atoms with van der Waals surface area (Å²) in [5, 5.41) is 0.918. The zero-order valence-corrected chi connectivity index (χ0v) is 17.1. The van der Waals surface area contributed by atoms with Crippen molar-refractivity contribution in [1.82, 2.24) is 0 Å². The highest BCUT2D eigenvalue weighted by Crippen LogP contribution is 2.44. The average Bonchev–Trinajstić information content (AvgIpc) is 3.17. The largest absolute Gasteiger partial charge is 0.493 e. The summed E-state index contributed by atoms with van der Waals surface area (Å²) in [6, 6.07) is 22.2. The van der Waals surface area contributed by atoms with Gasteiger partial charge in [0.1, 0.15) is 5.76 Å². The molecule has 1 heterocycles. The molecule has 30 heavy (non-hydrogen) atoms. The second-order valence-electron chi connectivity index (χ2n) is 6.99. The first-order valence-electron chi connectivity index (χ1n) is 9.63. The normalized spacial score (nSPS) is 11.2. The number of methoxy groups -OCH3 is 2. The minimum Gasteiger partial charge on any atom is -0.493 e. The molecule has 0 bridgehead atoms. The number of furan rings is 1. The van der Waals surface area contributed by atoms with Crippen LogP contribution in [-0.4, -0.2) is 20.2 Å². The number of esters is 1. The highest BCUT2D eigenvalue weighted by Gasteiger charge is 2.21. The van der Waals surface area contributed by atoms with Crippen molar-refractivity contribution in [1.29, 1.82) is 0 Å². The number of aryl methyl sites for hydroxylation is 1. The summed E-state index contributed by atoms with van der Waals surface area (Å²) in [6.45, 7) is 2.06. The quantitative estimate of drug-likeness (QED) is 0.294. The number of fused-ring (bicyclic) bond motifs is 1. The van der Waals surface area contributed by atoms with Gasteiger partial charge in [-0.25, -0.2) is 4.79 Å². The van der Waals surface area contributed by atoms with Crippen molar-refractivity contribution in [2.75, 3.05) is 14.2 Å². The summed E-state index contributed by atoms with van der Waals surface area (Å²) in [5.74, 6) is 0.972. The van der Waals surface area contributed by atoms with Gasteiger partial charge in [-0.1, -0.05) is 60.2 Å². The van der Waals surface area contributed by atoms with Gasteiger partial charge in [0.25, 0.3) is 0 Å². The van der Waals surface area contributed by atoms with Gasteiger partial charge in [0.05, 0.1) is 14.2 Å². The maximum Gasteiger partial charge on any atom is 0.330 e. The van der Waals surface area contributed by atoms with Crippen molar-refractivity contribution in [3.8, 4) is 28.2 Å². The SMILES string of the molecule is COC(=O)C=Cc1cc(OC)c2oc(-c3ccccc3)c(-c3ccc(C)cc3)c2c1. The summed E-state index contributed by atoms with van der Waals surface area (Å²) < 4.78 is 16.7. The topological polar surface area (TPSA) is 48.7 Å². The molecule has 4 nitrogen and oxygen atoms in total. The highest BCUT2D eigenvalue weighted by atomic mass is 16.5. The molecule has 0 saturated carbocycles. The van der Waals surface area contributed by atoms with E-state index < -0.39 is 5.97 Å². The maximum absolute atomic E-state index is 11.6. The van der Waals surface area contributed by atoms with Gasteiger partial charge < -0.3 is 13.9 Å². The van der Waals surface area contributed by atoms with Crippen LogP contribution in [0.3, 0.4) is 0 Å². The third kappa shape index (κ3) is 3.72. The van der Waals surface area contributed by atoms with Gasteiger partial charge in [-0.3, -0.25) is 0 Å². The van der Waals surface area contributed by atoms with Gasteiger partial charge in [0.2, 0.25) is 0 Å². The standard InChI is InChI=1S/C26H22O4/c1-17-9-12-19(13-10-17)24-21-15-18(11-14-23(27)29-3)16-22(28-2)26(21)30-25(24)20-7-5-4-6-8-20/h4-16H,1-3H3. The molecule has 4 aromatic rings. The van der Waals surface area contributed by atoms with E-state index in [0.717, 1.165) is 33.4 Å². The second kappa shape index (κ2) is 8.29. The molecule has 0 radical (unpaired) electrons. The van der Waals surface area contributed by atoms with Crippen LogP contribution < -0.4 is 4.74 Å². The highest BCUT2D eigenvalue weighted by molar-refractivity contribution is 6.05. The zero-order chi connectivity index (χ0) is 21.1. The predicted molar refractivity (Wildman–Crippen MR) is 119 cm³/mol. The Morgan fingerprint density at radius 3 is 2.33 bits per heavy atom. The Labute approximate surface area is 175 Å². The molecule has 0 fully saturated rings. The van der Waals surface area contributed by atoms with E-state index in [0.29, 0.717) is 11.3 Å². The van der Waals surface area contributed by atoms with Crippen LogP contribution in [0.25, 0.3) is 39.5 Å². The fraction of sp³-hybridized carbons (Fsp3) is 0.115. The van der Waals surface area contributed by atoms with E-state index in [-0.39, 0.29) is 0 Å². The third-order valence-electron chi connectivity index (χ3n) is 4.99. The summed E-state index contributed by atoms with van der Waals surface area (Å²) in [7, 11) is 2.97. The number of ether oxygens (including phenoxy) is 2. The van der Waals surface area contributed by atoms with Gasteiger partial charge in [-0.2, -0.15) is 0 Å². The Hall–Kier alpha value is -3.79. The van der Waals surface area contributed by atoms with Crippen LogP contribution in [0.2, 0.25) is 0 Å². The summed E-state index contributed by atoms with van der Waals surface area (Å²) in [4.78, 5) is 11.6. The van der Waals surface area contributed by atoms with Gasteiger partial charge >= 0.3 is 5.97 Å². The van der Waals surface area contributed by atoms with Crippen molar-refractivity contribution < 1.29 is 18.7 Å². The molecular weight excluding hydrogens is 376 g/mol. The van der Waals surface area contributed by atoms with Crippen molar-refractivity contribution in [2.24, 2.45) is 0 Å². The first-order valence-corrected chi connectivity index (χ1v) is 9.63. The Bertz CT molecular complexity index is 1220. The molecule has 0 saturated heterocycles. The summed E-state index contributed by atoms with van der Waals surface area (Å²) in [6.07, 6.45) is 3.10. The number of carbonyl (C=O) groups excluding carboxylic acids is 1. The molecule has 3 aromatic carbocycles. The summed E-state index contributed by atoms with van der Waals surface area (Å²) in [5.41, 5.74) is 5.70. The summed E-state index contributed by atoms with van der Waals surface area (Å²) >= 11 is 0. The molecule has 0 unspecified atom stereocenters. The zero-order valence-electron chi connectivity index (χ0n) is 17.1. The van der Waals surface area contributed by atoms with Crippen LogP contribution in [0.1, 0.15) is 11.1 Å². The van der Waals surface area contributed by atoms with E-state index in [2.05, 4.69) is 31.2 Å². The molecule has 1 aromatic heterocycles. The van der Waals surface area contributed by atoms with E-state index in [4.69, 9.17) is 13.9 Å². The monoisotopic (exact) mass is 398 g/mol. The minimum absolute atomic E-state index is 0.412. The minimum atomic E-state index is -0.412. The Balaban J connectivity index is 2.01. The van der Waals surface area contributed by atoms with Crippen molar-refractivity contribution in [3.05, 3.63) is 83.9 Å². The molecule has 0 atom stereocenters. The van der Waals surface area contributed by atoms with Crippen molar-refractivity contribution in [2.45, 2.75) is 6.92 Å². The number of hydrogen-bond acceptors (Lipinski definition) is 4. The molecule has 0 spiro atoms. The lowest BCUT2D eigenvalue weighted by molar-refractivity contribution is -0.134. The maximum atomic E-state index is 11.6. The molecule has 0 aliphatic rings. The third-order valence-corrected chi connectivity index (χ3v) is 4.99. The van der Waals surface area contributed by atoms with Gasteiger partial charge in [-0.05, 0) is 36.3 Å². The van der Waals surface area contributed by atoms with Gasteiger partial charge in [0.15, 0.2) is 11.3 Å². The van der Waals surface area contributed by atoms with Crippen LogP contribution in [0, 0.1) is 6.92 Å². The first-order chi connectivity index (χ1) is 14.6. The Kier molecular flexibility index (Phi) is 5.40. The molecule has 4 rings (SSSR count). The Morgan fingerprint density at radius 1 is 0.933 bits per heavy atom. The number of carbonyl (C=O) groups is 1. The van der Waals surface area contributed by atoms with Crippen molar-refractivity contribution >= 4 is 23.0 Å². The van der Waals surface area contributed by atoms with E-state index >= 15 is 0 Å². The van der Waals surface area contributed by atoms with Crippen molar-refractivity contribution in [3.63, 3.8) is 0 Å². The van der Waals surface area contributed by atoms with E-state index in [1.807, 2.05) is 42.5 Å². The first kappa shape index (κ1) is 19.5. The predicted octanol–water partition coefficient (Wildman–Crippen LogP) is 6.27. The number of hydrogen-bond donors (Lipinski definition) is 0. The molecule has 0 N–H and O–H groups in total. The molecule has 150 valence electrons. The molecule has 0 aliphatic heterocycles. The van der Waals surface area contributed by atoms with E-state index in [1.165, 1.54) is 18.7 Å². The molecule has 0 amide bonds. The number of benzene rings is 3. The lowest BCUT2D eigenvalue weighted by Crippen LogP contribution is -1.93. The fourth-order valence-electron chi connectivity index (χ4n) is 3.47. The smallest absolute Gasteiger partial charge is 0.330 e. The lowest BCUT2D eigenvalue weighted by atomic mass is 9.97.